The van der Waals surface area contributed by atoms with Crippen LogP contribution in [0.3, 0.4) is 0 Å². The Morgan fingerprint density at radius 1 is 1.41 bits per heavy atom. The molecule has 182 valence electrons. The molecule has 1 aliphatic heterocycles. The molecular formula is C25H29FN2O4S2. The minimum absolute atomic E-state index is 0.0568. The van der Waals surface area contributed by atoms with Crippen molar-refractivity contribution in [3.63, 3.8) is 0 Å². The third kappa shape index (κ3) is 5.89. The lowest BCUT2D eigenvalue weighted by atomic mass is 9.81. The van der Waals surface area contributed by atoms with Crippen LogP contribution in [0.1, 0.15) is 30.9 Å². The molecule has 0 bridgehead atoms. The average molecular weight is 505 g/mol. The van der Waals surface area contributed by atoms with E-state index in [1.54, 1.807) is 41.3 Å². The number of likely N-dealkylation sites (tertiary alicyclic amines) is 1. The molecule has 34 heavy (non-hydrogen) atoms. The number of benzene rings is 1. The first-order valence-corrected chi connectivity index (χ1v) is 13.3. The van der Waals surface area contributed by atoms with E-state index in [0.717, 1.165) is 31.5 Å². The predicted molar refractivity (Wildman–Crippen MR) is 133 cm³/mol. The van der Waals surface area contributed by atoms with E-state index in [4.69, 9.17) is 4.74 Å². The van der Waals surface area contributed by atoms with E-state index < -0.39 is 23.8 Å². The number of aromatic nitrogens is 1. The number of hydrogen-bond donors (Lipinski definition) is 2. The van der Waals surface area contributed by atoms with Crippen molar-refractivity contribution < 1.29 is 24.1 Å². The van der Waals surface area contributed by atoms with Crippen LogP contribution in [0.25, 0.3) is 10.9 Å². The number of methoxy groups -OCH3 is 1. The van der Waals surface area contributed by atoms with E-state index >= 15 is 0 Å². The van der Waals surface area contributed by atoms with Crippen molar-refractivity contribution >= 4 is 40.0 Å². The molecule has 0 aliphatic carbocycles. The number of aliphatic hydroxyl groups is 1. The highest BCUT2D eigenvalue weighted by molar-refractivity contribution is 7.99. The second kappa shape index (κ2) is 11.5. The molecule has 1 saturated heterocycles. The fourth-order valence-corrected chi connectivity index (χ4v) is 6.46. The fraction of sp³-hybridized carbons (Fsp3) is 0.440. The lowest BCUT2D eigenvalue weighted by Gasteiger charge is -2.37. The molecule has 0 saturated carbocycles. The molecule has 1 aromatic carbocycles. The highest BCUT2D eigenvalue weighted by Gasteiger charge is 2.34. The Bertz CT molecular complexity index is 1110. The lowest BCUT2D eigenvalue weighted by Crippen LogP contribution is -2.44. The van der Waals surface area contributed by atoms with Gasteiger partial charge in [-0.15, -0.1) is 11.8 Å². The SMILES string of the molecule is COc1ccc2ncc(F)c([C@@H](O)CC[C@H]3CCN(CCSc4ccsc4)C[C@H]3C(=O)O)c2c1. The summed E-state index contributed by atoms with van der Waals surface area (Å²) in [7, 11) is 1.53. The van der Waals surface area contributed by atoms with E-state index in [9.17, 15) is 19.4 Å². The number of rotatable bonds is 10. The molecule has 1 fully saturated rings. The van der Waals surface area contributed by atoms with E-state index in [0.29, 0.717) is 29.6 Å². The van der Waals surface area contributed by atoms with E-state index in [1.807, 2.05) is 0 Å². The number of fused-ring (bicyclic) bond motifs is 1. The van der Waals surface area contributed by atoms with Gasteiger partial charge in [0.25, 0.3) is 0 Å². The van der Waals surface area contributed by atoms with Gasteiger partial charge in [-0.25, -0.2) is 4.39 Å². The molecule has 3 atom stereocenters. The number of aliphatic carboxylic acids is 1. The number of nitrogens with zero attached hydrogens (tertiary/aromatic N) is 2. The third-order valence-electron chi connectivity index (χ3n) is 6.54. The number of aliphatic hydroxyl groups excluding tert-OH is 1. The smallest absolute Gasteiger partial charge is 0.308 e. The van der Waals surface area contributed by atoms with Crippen molar-refractivity contribution in [2.24, 2.45) is 11.8 Å². The molecule has 0 radical (unpaired) electrons. The highest BCUT2D eigenvalue weighted by atomic mass is 32.2. The van der Waals surface area contributed by atoms with Crippen molar-refractivity contribution in [2.45, 2.75) is 30.3 Å². The monoisotopic (exact) mass is 504 g/mol. The van der Waals surface area contributed by atoms with Crippen LogP contribution in [-0.4, -0.2) is 58.6 Å². The molecule has 2 N–H and O–H groups in total. The lowest BCUT2D eigenvalue weighted by molar-refractivity contribution is -0.146. The van der Waals surface area contributed by atoms with Crippen LogP contribution in [0.15, 0.2) is 46.1 Å². The number of piperidine rings is 1. The van der Waals surface area contributed by atoms with Gasteiger partial charge in [-0.2, -0.15) is 11.3 Å². The van der Waals surface area contributed by atoms with Crippen LogP contribution in [-0.2, 0) is 4.79 Å². The minimum Gasteiger partial charge on any atom is -0.497 e. The maximum absolute atomic E-state index is 14.7. The normalized spacial score (nSPS) is 19.9. The van der Waals surface area contributed by atoms with Gasteiger partial charge in [0, 0.05) is 40.1 Å². The Hall–Kier alpha value is -2.20. The van der Waals surface area contributed by atoms with Gasteiger partial charge in [-0.05, 0) is 61.4 Å². The van der Waals surface area contributed by atoms with Gasteiger partial charge in [0.1, 0.15) is 11.6 Å². The first kappa shape index (κ1) is 24.9. The summed E-state index contributed by atoms with van der Waals surface area (Å²) in [5, 5.41) is 25.4. The van der Waals surface area contributed by atoms with Crippen LogP contribution in [0.5, 0.6) is 5.75 Å². The van der Waals surface area contributed by atoms with Gasteiger partial charge in [0.15, 0.2) is 0 Å². The van der Waals surface area contributed by atoms with Gasteiger partial charge in [0.2, 0.25) is 0 Å². The summed E-state index contributed by atoms with van der Waals surface area (Å²) in [6.45, 7) is 2.18. The van der Waals surface area contributed by atoms with Crippen molar-refractivity contribution in [3.05, 3.63) is 52.6 Å². The van der Waals surface area contributed by atoms with Crippen molar-refractivity contribution in [3.8, 4) is 5.75 Å². The summed E-state index contributed by atoms with van der Waals surface area (Å²) in [5.74, 6) is -0.445. The number of halogens is 1. The number of thiophene rings is 1. The number of hydrogen-bond acceptors (Lipinski definition) is 7. The Labute approximate surface area is 206 Å². The second-order valence-corrected chi connectivity index (χ2v) is 10.5. The largest absolute Gasteiger partial charge is 0.497 e. The molecule has 2 aromatic heterocycles. The maximum atomic E-state index is 14.7. The average Bonchev–Trinajstić information content (AvgIpc) is 3.36. The Balaban J connectivity index is 1.38. The Morgan fingerprint density at radius 2 is 2.26 bits per heavy atom. The zero-order valence-corrected chi connectivity index (χ0v) is 20.7. The molecule has 6 nitrogen and oxygen atoms in total. The maximum Gasteiger partial charge on any atom is 0.308 e. The van der Waals surface area contributed by atoms with Crippen LogP contribution >= 0.6 is 23.1 Å². The third-order valence-corrected chi connectivity index (χ3v) is 8.35. The molecule has 9 heteroatoms. The molecule has 4 rings (SSSR count). The predicted octanol–water partition coefficient (Wildman–Crippen LogP) is 5.07. The standard InChI is InChI=1S/C25H29FN2O4S2/c1-32-17-3-4-22-19(12-17)24(21(26)13-27-22)23(29)5-2-16-6-8-28(14-20(16)25(30)31)9-11-34-18-7-10-33-15-18/h3-4,7,10,12-13,15-16,20,23,29H,2,5-6,8-9,11,14H2,1H3,(H,30,31)/t16-,20+,23-/m0/s1. The summed E-state index contributed by atoms with van der Waals surface area (Å²) in [5.41, 5.74) is 0.770. The van der Waals surface area contributed by atoms with Gasteiger partial charge < -0.3 is 19.8 Å². The Morgan fingerprint density at radius 3 is 3.00 bits per heavy atom. The van der Waals surface area contributed by atoms with E-state index in [2.05, 4.69) is 26.7 Å². The van der Waals surface area contributed by atoms with Gasteiger partial charge in [-0.3, -0.25) is 9.78 Å². The van der Waals surface area contributed by atoms with Gasteiger partial charge in [0.05, 0.1) is 30.8 Å². The van der Waals surface area contributed by atoms with E-state index in [-0.39, 0.29) is 17.9 Å². The molecule has 0 spiro atoms. The molecule has 3 heterocycles. The summed E-state index contributed by atoms with van der Waals surface area (Å²) < 4.78 is 19.9. The summed E-state index contributed by atoms with van der Waals surface area (Å²) in [6.07, 6.45) is 1.63. The van der Waals surface area contributed by atoms with Crippen LogP contribution in [0.4, 0.5) is 4.39 Å². The van der Waals surface area contributed by atoms with Crippen LogP contribution < -0.4 is 4.74 Å². The Kier molecular flexibility index (Phi) is 8.41. The summed E-state index contributed by atoms with van der Waals surface area (Å²) in [4.78, 5) is 19.6. The number of pyridine rings is 1. The number of carbonyl (C=O) groups is 1. The number of carboxylic acids is 1. The first-order valence-electron chi connectivity index (χ1n) is 11.4. The number of carboxylic acid groups (broad SMARTS) is 1. The van der Waals surface area contributed by atoms with Crippen molar-refractivity contribution in [1.82, 2.24) is 9.88 Å². The summed E-state index contributed by atoms with van der Waals surface area (Å²) in [6, 6.07) is 7.25. The second-order valence-electron chi connectivity index (χ2n) is 8.60. The topological polar surface area (TPSA) is 82.9 Å². The molecule has 0 unspecified atom stereocenters. The zero-order chi connectivity index (χ0) is 24.1. The summed E-state index contributed by atoms with van der Waals surface area (Å²) >= 11 is 3.46. The molecule has 1 aliphatic rings. The van der Waals surface area contributed by atoms with Crippen LogP contribution in [0, 0.1) is 17.7 Å². The van der Waals surface area contributed by atoms with E-state index in [1.165, 1.54) is 12.0 Å². The highest BCUT2D eigenvalue weighted by Crippen LogP contribution is 2.35. The molecule has 0 amide bonds. The van der Waals surface area contributed by atoms with Gasteiger partial charge >= 0.3 is 5.97 Å². The molecule has 3 aromatic rings. The van der Waals surface area contributed by atoms with Gasteiger partial charge in [-0.1, -0.05) is 0 Å². The number of thioether (sulfide) groups is 1. The zero-order valence-electron chi connectivity index (χ0n) is 19.0. The fourth-order valence-electron chi connectivity index (χ4n) is 4.67. The first-order chi connectivity index (χ1) is 16.5. The minimum atomic E-state index is -1.05. The van der Waals surface area contributed by atoms with Crippen LogP contribution in [0.2, 0.25) is 0 Å². The molecular weight excluding hydrogens is 475 g/mol. The quantitative estimate of drug-likeness (QED) is 0.373. The van der Waals surface area contributed by atoms with Crippen molar-refractivity contribution in [2.75, 3.05) is 32.5 Å². The number of ether oxygens (including phenoxy) is 1. The van der Waals surface area contributed by atoms with Crippen molar-refractivity contribution in [1.29, 1.82) is 0 Å².